The van der Waals surface area contributed by atoms with E-state index in [0.717, 1.165) is 48.1 Å². The topological polar surface area (TPSA) is 46.6 Å². The molecular weight excluding hydrogens is 302 g/mol. The highest BCUT2D eigenvalue weighted by Crippen LogP contribution is 2.41. The molecule has 0 saturated carbocycles. The number of hydrogen-bond donors (Lipinski definition) is 0. The second-order valence-electron chi connectivity index (χ2n) is 7.32. The molecule has 130 valence electrons. The first-order chi connectivity index (χ1) is 11.4. The number of nitrogens with zero attached hydrogens (tertiary/aromatic N) is 1. The normalized spacial score (nSPS) is 19.1. The summed E-state index contributed by atoms with van der Waals surface area (Å²) in [6, 6.07) is 4.01. The molecule has 0 N–H and O–H groups in total. The third kappa shape index (κ3) is 3.19. The summed E-state index contributed by atoms with van der Waals surface area (Å²) in [5.74, 6) is 1.15. The molecule has 0 radical (unpaired) electrons. The number of ether oxygens (including phenoxy) is 1. The standard InChI is InChI=1S/C20H27NO3/c1-4-5-6-18(23)21-9-7-20(8-10-21)13-16(22)19-15(3)11-14(2)12-17(19)24-20/h11-12H,4-10,13H2,1-3H3. The molecule has 1 spiro atoms. The summed E-state index contributed by atoms with van der Waals surface area (Å²) in [5.41, 5.74) is 2.43. The molecule has 1 saturated heterocycles. The highest BCUT2D eigenvalue weighted by atomic mass is 16.5. The number of rotatable bonds is 3. The minimum atomic E-state index is -0.425. The van der Waals surface area contributed by atoms with Crippen LogP contribution in [-0.2, 0) is 4.79 Å². The van der Waals surface area contributed by atoms with Gasteiger partial charge < -0.3 is 9.64 Å². The number of carbonyl (C=O) groups excluding carboxylic acids is 2. The first kappa shape index (κ1) is 17.0. The highest BCUT2D eigenvalue weighted by molar-refractivity contribution is 6.01. The first-order valence-electron chi connectivity index (χ1n) is 9.05. The molecule has 1 aromatic rings. The molecule has 4 heteroatoms. The molecule has 3 rings (SSSR count). The van der Waals surface area contributed by atoms with Crippen molar-refractivity contribution in [3.8, 4) is 5.75 Å². The number of unbranched alkanes of at least 4 members (excludes halogenated alkanes) is 1. The lowest BCUT2D eigenvalue weighted by atomic mass is 9.81. The Morgan fingerprint density at radius 1 is 1.25 bits per heavy atom. The van der Waals surface area contributed by atoms with E-state index in [9.17, 15) is 9.59 Å². The maximum absolute atomic E-state index is 12.7. The molecule has 0 atom stereocenters. The van der Waals surface area contributed by atoms with Crippen molar-refractivity contribution in [1.29, 1.82) is 0 Å². The van der Waals surface area contributed by atoms with Crippen LogP contribution in [0.15, 0.2) is 12.1 Å². The predicted molar refractivity (Wildman–Crippen MR) is 93.6 cm³/mol. The highest BCUT2D eigenvalue weighted by Gasteiger charge is 2.44. The molecule has 2 aliphatic heterocycles. The minimum absolute atomic E-state index is 0.180. The summed E-state index contributed by atoms with van der Waals surface area (Å²) in [6.45, 7) is 7.48. The predicted octanol–water partition coefficient (Wildman–Crippen LogP) is 3.82. The molecule has 1 fully saturated rings. The van der Waals surface area contributed by atoms with Crippen molar-refractivity contribution in [3.63, 3.8) is 0 Å². The van der Waals surface area contributed by atoms with E-state index in [0.29, 0.717) is 25.9 Å². The van der Waals surface area contributed by atoms with Gasteiger partial charge in [0.15, 0.2) is 5.78 Å². The van der Waals surface area contributed by atoms with Gasteiger partial charge in [-0.25, -0.2) is 0 Å². The van der Waals surface area contributed by atoms with Crippen molar-refractivity contribution < 1.29 is 14.3 Å². The van der Waals surface area contributed by atoms with Gasteiger partial charge in [0.2, 0.25) is 5.91 Å². The largest absolute Gasteiger partial charge is 0.486 e. The smallest absolute Gasteiger partial charge is 0.222 e. The lowest BCUT2D eigenvalue weighted by molar-refractivity contribution is -0.134. The zero-order valence-corrected chi connectivity index (χ0v) is 15.0. The number of piperidine rings is 1. The fourth-order valence-electron chi connectivity index (χ4n) is 3.95. The molecule has 0 aromatic heterocycles. The van der Waals surface area contributed by atoms with E-state index < -0.39 is 5.60 Å². The van der Waals surface area contributed by atoms with Crippen LogP contribution in [-0.4, -0.2) is 35.3 Å². The fourth-order valence-corrected chi connectivity index (χ4v) is 3.95. The van der Waals surface area contributed by atoms with E-state index in [1.54, 1.807) is 0 Å². The van der Waals surface area contributed by atoms with Crippen LogP contribution in [0.1, 0.15) is 66.9 Å². The zero-order valence-electron chi connectivity index (χ0n) is 15.0. The minimum Gasteiger partial charge on any atom is -0.486 e. The van der Waals surface area contributed by atoms with Crippen molar-refractivity contribution in [2.24, 2.45) is 0 Å². The van der Waals surface area contributed by atoms with Crippen molar-refractivity contribution in [2.75, 3.05) is 13.1 Å². The summed E-state index contributed by atoms with van der Waals surface area (Å²) in [6.07, 6.45) is 4.52. The monoisotopic (exact) mass is 329 g/mol. The molecule has 2 aliphatic rings. The van der Waals surface area contributed by atoms with Gasteiger partial charge in [-0.2, -0.15) is 0 Å². The van der Waals surface area contributed by atoms with Gasteiger partial charge in [-0.05, 0) is 37.5 Å². The average molecular weight is 329 g/mol. The molecule has 0 unspecified atom stereocenters. The Morgan fingerprint density at radius 3 is 2.62 bits per heavy atom. The summed E-state index contributed by atoms with van der Waals surface area (Å²) < 4.78 is 6.34. The van der Waals surface area contributed by atoms with Crippen LogP contribution >= 0.6 is 0 Å². The van der Waals surface area contributed by atoms with Crippen molar-refractivity contribution in [2.45, 2.75) is 64.9 Å². The van der Waals surface area contributed by atoms with E-state index in [1.165, 1.54) is 0 Å². The van der Waals surface area contributed by atoms with Gasteiger partial charge in [-0.1, -0.05) is 19.4 Å². The maximum Gasteiger partial charge on any atom is 0.222 e. The van der Waals surface area contributed by atoms with Crippen LogP contribution in [0.5, 0.6) is 5.75 Å². The number of Topliss-reactive ketones (excluding diaryl/α,β-unsaturated/α-hetero) is 1. The number of fused-ring (bicyclic) bond motifs is 1. The number of amides is 1. The Balaban J connectivity index is 1.73. The van der Waals surface area contributed by atoms with Crippen LogP contribution in [0, 0.1) is 13.8 Å². The van der Waals surface area contributed by atoms with Gasteiger partial charge >= 0.3 is 0 Å². The van der Waals surface area contributed by atoms with Gasteiger partial charge in [0, 0.05) is 32.4 Å². The molecule has 4 nitrogen and oxygen atoms in total. The van der Waals surface area contributed by atoms with Crippen LogP contribution in [0.2, 0.25) is 0 Å². The molecule has 0 bridgehead atoms. The van der Waals surface area contributed by atoms with E-state index in [2.05, 4.69) is 6.92 Å². The molecular formula is C20H27NO3. The molecule has 2 heterocycles. The Hall–Kier alpha value is -1.84. The first-order valence-corrected chi connectivity index (χ1v) is 9.05. The Morgan fingerprint density at radius 2 is 1.96 bits per heavy atom. The van der Waals surface area contributed by atoms with Crippen molar-refractivity contribution in [3.05, 3.63) is 28.8 Å². The summed E-state index contributed by atoms with van der Waals surface area (Å²) in [7, 11) is 0. The van der Waals surface area contributed by atoms with Crippen LogP contribution in [0.4, 0.5) is 0 Å². The van der Waals surface area contributed by atoms with E-state index in [4.69, 9.17) is 4.74 Å². The third-order valence-corrected chi connectivity index (χ3v) is 5.30. The number of aryl methyl sites for hydroxylation is 2. The second-order valence-corrected chi connectivity index (χ2v) is 7.32. The average Bonchev–Trinajstić information content (AvgIpc) is 2.52. The van der Waals surface area contributed by atoms with Gasteiger partial charge in [-0.3, -0.25) is 9.59 Å². The summed E-state index contributed by atoms with van der Waals surface area (Å²) >= 11 is 0. The quantitative estimate of drug-likeness (QED) is 0.847. The van der Waals surface area contributed by atoms with Crippen molar-refractivity contribution in [1.82, 2.24) is 4.90 Å². The zero-order chi connectivity index (χ0) is 17.3. The van der Waals surface area contributed by atoms with Crippen molar-refractivity contribution >= 4 is 11.7 Å². The fraction of sp³-hybridized carbons (Fsp3) is 0.600. The van der Waals surface area contributed by atoms with E-state index in [1.807, 2.05) is 30.9 Å². The number of benzene rings is 1. The lowest BCUT2D eigenvalue weighted by Gasteiger charge is -2.44. The number of likely N-dealkylation sites (tertiary alicyclic amines) is 1. The number of ketones is 1. The molecule has 1 aromatic carbocycles. The van der Waals surface area contributed by atoms with E-state index >= 15 is 0 Å². The lowest BCUT2D eigenvalue weighted by Crippen LogP contribution is -2.52. The van der Waals surface area contributed by atoms with Crippen LogP contribution < -0.4 is 4.74 Å². The molecule has 24 heavy (non-hydrogen) atoms. The second kappa shape index (κ2) is 6.58. The molecule has 1 amide bonds. The van der Waals surface area contributed by atoms with E-state index in [-0.39, 0.29) is 11.7 Å². The van der Waals surface area contributed by atoms with Crippen LogP contribution in [0.25, 0.3) is 0 Å². The Bertz CT molecular complexity index is 657. The Labute approximate surface area is 144 Å². The third-order valence-electron chi connectivity index (χ3n) is 5.30. The number of hydrogen-bond acceptors (Lipinski definition) is 3. The van der Waals surface area contributed by atoms with Gasteiger partial charge in [0.1, 0.15) is 11.4 Å². The van der Waals surface area contributed by atoms with Gasteiger partial charge in [0.25, 0.3) is 0 Å². The van der Waals surface area contributed by atoms with Crippen LogP contribution in [0.3, 0.4) is 0 Å². The molecule has 0 aliphatic carbocycles. The van der Waals surface area contributed by atoms with Gasteiger partial charge in [0.05, 0.1) is 12.0 Å². The Kier molecular flexibility index (Phi) is 4.66. The summed E-state index contributed by atoms with van der Waals surface area (Å²) in [5, 5.41) is 0. The maximum atomic E-state index is 12.7. The number of carbonyl (C=O) groups is 2. The van der Waals surface area contributed by atoms with Gasteiger partial charge in [-0.15, -0.1) is 0 Å². The SMILES string of the molecule is CCCCC(=O)N1CCC2(CC1)CC(=O)c1c(C)cc(C)cc1O2. The summed E-state index contributed by atoms with van der Waals surface area (Å²) in [4.78, 5) is 26.8.